The van der Waals surface area contributed by atoms with Gasteiger partial charge in [0.15, 0.2) is 0 Å². The number of anilines is 1. The van der Waals surface area contributed by atoms with Crippen LogP contribution in [0.25, 0.3) is 0 Å². The maximum absolute atomic E-state index is 13.1. The molecule has 0 radical (unpaired) electrons. The van der Waals surface area contributed by atoms with Crippen molar-refractivity contribution < 1.29 is 14.3 Å². The Balaban J connectivity index is 1.46. The standard InChI is InChI=1S/C20H28N4O4/c1-19(12-28-13-19)17(26)24-6-2-4-20(11-24)5-3-14-15(20)21-18(22-16(14)25)23-7-9-27-10-8-23/h2-13H2,1H3,(H,21,22,25). The van der Waals surface area contributed by atoms with E-state index in [9.17, 15) is 9.59 Å². The number of H-pyrrole nitrogens is 1. The molecule has 3 aliphatic heterocycles. The maximum Gasteiger partial charge on any atom is 0.255 e. The number of aromatic amines is 1. The fourth-order valence-electron chi connectivity index (χ4n) is 5.18. The highest BCUT2D eigenvalue weighted by Crippen LogP contribution is 2.44. The molecule has 0 bridgehead atoms. The fourth-order valence-corrected chi connectivity index (χ4v) is 5.18. The molecule has 1 aliphatic carbocycles. The van der Waals surface area contributed by atoms with Gasteiger partial charge in [0.25, 0.3) is 5.56 Å². The number of carbonyl (C=O) groups excluding carboxylic acids is 1. The molecule has 1 atom stereocenters. The summed E-state index contributed by atoms with van der Waals surface area (Å²) in [4.78, 5) is 37.9. The third-order valence-electron chi connectivity index (χ3n) is 6.89. The molecule has 8 heteroatoms. The summed E-state index contributed by atoms with van der Waals surface area (Å²) in [5, 5.41) is 0. The van der Waals surface area contributed by atoms with E-state index in [1.807, 2.05) is 11.8 Å². The van der Waals surface area contributed by atoms with E-state index in [-0.39, 0.29) is 22.3 Å². The van der Waals surface area contributed by atoms with Gasteiger partial charge in [-0.2, -0.15) is 0 Å². The van der Waals surface area contributed by atoms with Crippen molar-refractivity contribution >= 4 is 11.9 Å². The van der Waals surface area contributed by atoms with Gasteiger partial charge < -0.3 is 19.3 Å². The normalized spacial score (nSPS) is 28.9. The van der Waals surface area contributed by atoms with Crippen LogP contribution in [0.4, 0.5) is 5.95 Å². The lowest BCUT2D eigenvalue weighted by Crippen LogP contribution is -2.57. The molecule has 5 rings (SSSR count). The number of morpholine rings is 1. The van der Waals surface area contributed by atoms with Crippen LogP contribution >= 0.6 is 0 Å². The molecule has 0 aromatic carbocycles. The van der Waals surface area contributed by atoms with Crippen molar-refractivity contribution in [2.75, 3.05) is 57.5 Å². The van der Waals surface area contributed by atoms with Gasteiger partial charge in [-0.3, -0.25) is 14.6 Å². The lowest BCUT2D eigenvalue weighted by Gasteiger charge is -2.46. The number of carbonyl (C=O) groups is 1. The number of nitrogens with zero attached hydrogens (tertiary/aromatic N) is 3. The summed E-state index contributed by atoms with van der Waals surface area (Å²) in [5.41, 5.74) is 1.13. The molecule has 4 aliphatic rings. The van der Waals surface area contributed by atoms with Gasteiger partial charge in [0.1, 0.15) is 0 Å². The lowest BCUT2D eigenvalue weighted by atomic mass is 9.76. The van der Waals surface area contributed by atoms with Crippen molar-refractivity contribution in [3.8, 4) is 0 Å². The second kappa shape index (κ2) is 6.56. The van der Waals surface area contributed by atoms with E-state index in [1.165, 1.54) is 0 Å². The molecule has 1 N–H and O–H groups in total. The largest absolute Gasteiger partial charge is 0.379 e. The third kappa shape index (κ3) is 2.76. The molecule has 1 spiro atoms. The Hall–Kier alpha value is -1.93. The Labute approximate surface area is 164 Å². The first kappa shape index (κ1) is 18.1. The molecule has 0 saturated carbocycles. The van der Waals surface area contributed by atoms with Crippen molar-refractivity contribution in [1.29, 1.82) is 0 Å². The first-order chi connectivity index (χ1) is 13.5. The summed E-state index contributed by atoms with van der Waals surface area (Å²) >= 11 is 0. The van der Waals surface area contributed by atoms with Crippen molar-refractivity contribution in [3.63, 3.8) is 0 Å². The number of amides is 1. The quantitative estimate of drug-likeness (QED) is 0.792. The van der Waals surface area contributed by atoms with Gasteiger partial charge in [-0.1, -0.05) is 0 Å². The van der Waals surface area contributed by atoms with Gasteiger partial charge >= 0.3 is 0 Å². The molecular formula is C20H28N4O4. The molecule has 1 aromatic heterocycles. The Morgan fingerprint density at radius 1 is 1.14 bits per heavy atom. The molecule has 1 unspecified atom stereocenters. The molecule has 152 valence electrons. The summed E-state index contributed by atoms with van der Waals surface area (Å²) in [6, 6.07) is 0. The summed E-state index contributed by atoms with van der Waals surface area (Å²) in [6.07, 6.45) is 3.56. The van der Waals surface area contributed by atoms with Gasteiger partial charge in [-0.25, -0.2) is 4.98 Å². The zero-order valence-electron chi connectivity index (χ0n) is 16.5. The molecule has 3 fully saturated rings. The molecule has 28 heavy (non-hydrogen) atoms. The van der Waals surface area contributed by atoms with Crippen LogP contribution in [0.15, 0.2) is 4.79 Å². The van der Waals surface area contributed by atoms with Crippen LogP contribution in [-0.4, -0.2) is 73.4 Å². The minimum absolute atomic E-state index is 0.0221. The Bertz CT molecular complexity index is 843. The number of rotatable bonds is 2. The molecule has 3 saturated heterocycles. The average molecular weight is 388 g/mol. The van der Waals surface area contributed by atoms with Crippen LogP contribution in [0, 0.1) is 5.41 Å². The van der Waals surface area contributed by atoms with Gasteiger partial charge in [0.05, 0.1) is 37.5 Å². The van der Waals surface area contributed by atoms with E-state index in [4.69, 9.17) is 14.5 Å². The smallest absolute Gasteiger partial charge is 0.255 e. The number of hydrogen-bond acceptors (Lipinski definition) is 6. The Morgan fingerprint density at radius 2 is 1.93 bits per heavy atom. The highest BCUT2D eigenvalue weighted by atomic mass is 16.5. The zero-order chi connectivity index (χ0) is 19.4. The van der Waals surface area contributed by atoms with E-state index in [0.29, 0.717) is 38.9 Å². The van der Waals surface area contributed by atoms with Crippen LogP contribution in [0.2, 0.25) is 0 Å². The van der Waals surface area contributed by atoms with Crippen LogP contribution in [0.1, 0.15) is 37.4 Å². The van der Waals surface area contributed by atoms with Gasteiger partial charge in [0.2, 0.25) is 11.9 Å². The second-order valence-corrected chi connectivity index (χ2v) is 8.98. The van der Waals surface area contributed by atoms with Crippen molar-refractivity contribution in [2.45, 2.75) is 38.0 Å². The highest BCUT2D eigenvalue weighted by molar-refractivity contribution is 5.83. The number of aromatic nitrogens is 2. The maximum atomic E-state index is 13.1. The summed E-state index contributed by atoms with van der Waals surface area (Å²) in [6.45, 7) is 7.20. The number of fused-ring (bicyclic) bond motifs is 2. The van der Waals surface area contributed by atoms with Crippen molar-refractivity contribution in [1.82, 2.24) is 14.9 Å². The molecule has 8 nitrogen and oxygen atoms in total. The average Bonchev–Trinajstić information content (AvgIpc) is 3.04. The van der Waals surface area contributed by atoms with E-state index in [1.54, 1.807) is 0 Å². The van der Waals surface area contributed by atoms with Crippen LogP contribution in [-0.2, 0) is 26.1 Å². The first-order valence-corrected chi connectivity index (χ1v) is 10.3. The highest BCUT2D eigenvalue weighted by Gasteiger charge is 2.50. The minimum Gasteiger partial charge on any atom is -0.379 e. The first-order valence-electron chi connectivity index (χ1n) is 10.3. The molecule has 1 aromatic rings. The summed E-state index contributed by atoms with van der Waals surface area (Å²) in [7, 11) is 0. The van der Waals surface area contributed by atoms with E-state index >= 15 is 0 Å². The van der Waals surface area contributed by atoms with Crippen LogP contribution < -0.4 is 10.5 Å². The van der Waals surface area contributed by atoms with Gasteiger partial charge in [-0.15, -0.1) is 0 Å². The SMILES string of the molecule is CC1(C(=O)N2CCCC3(CCc4c3nc(N3CCOCC3)[nH]c4=O)C2)COC1. The topological polar surface area (TPSA) is 87.8 Å². The number of nitrogens with one attached hydrogen (secondary N) is 1. The lowest BCUT2D eigenvalue weighted by molar-refractivity contribution is -0.170. The Morgan fingerprint density at radius 3 is 2.64 bits per heavy atom. The summed E-state index contributed by atoms with van der Waals surface area (Å²) in [5.74, 6) is 0.834. The number of likely N-dealkylation sites (tertiary alicyclic amines) is 1. The van der Waals surface area contributed by atoms with Crippen molar-refractivity contribution in [2.24, 2.45) is 5.41 Å². The minimum atomic E-state index is -0.388. The van der Waals surface area contributed by atoms with E-state index < -0.39 is 0 Å². The number of hydrogen-bond donors (Lipinski definition) is 1. The second-order valence-electron chi connectivity index (χ2n) is 8.98. The van der Waals surface area contributed by atoms with Crippen LogP contribution in [0.3, 0.4) is 0 Å². The van der Waals surface area contributed by atoms with E-state index in [2.05, 4.69) is 9.88 Å². The van der Waals surface area contributed by atoms with Gasteiger partial charge in [0, 0.05) is 37.2 Å². The van der Waals surface area contributed by atoms with E-state index in [0.717, 1.165) is 56.6 Å². The van der Waals surface area contributed by atoms with Gasteiger partial charge in [-0.05, 0) is 32.6 Å². The summed E-state index contributed by atoms with van der Waals surface area (Å²) < 4.78 is 10.7. The predicted molar refractivity (Wildman–Crippen MR) is 103 cm³/mol. The monoisotopic (exact) mass is 388 g/mol. The number of piperidine rings is 1. The van der Waals surface area contributed by atoms with Crippen LogP contribution in [0.5, 0.6) is 0 Å². The molecular weight excluding hydrogens is 360 g/mol. The molecule has 1 amide bonds. The molecule has 4 heterocycles. The third-order valence-corrected chi connectivity index (χ3v) is 6.89. The zero-order valence-corrected chi connectivity index (χ0v) is 16.5. The Kier molecular flexibility index (Phi) is 4.24. The number of ether oxygens (including phenoxy) is 2. The predicted octanol–water partition coefficient (Wildman–Crippen LogP) is 0.449. The van der Waals surface area contributed by atoms with Crippen molar-refractivity contribution in [3.05, 3.63) is 21.6 Å². The fraction of sp³-hybridized carbons (Fsp3) is 0.750.